The van der Waals surface area contributed by atoms with Crippen molar-refractivity contribution in [2.24, 2.45) is 0 Å². The molecule has 0 aliphatic heterocycles. The molecule has 54 heavy (non-hydrogen) atoms. The van der Waals surface area contributed by atoms with Gasteiger partial charge in [-0.1, -0.05) is 0 Å². The molecule has 2 unspecified atom stereocenters. The first-order valence-electron chi connectivity index (χ1n) is 16.5. The Morgan fingerprint density at radius 2 is 0.852 bits per heavy atom. The molecule has 13 heteroatoms. The van der Waals surface area contributed by atoms with Crippen LogP contribution in [0.1, 0.15) is 54.4 Å². The third kappa shape index (κ3) is 16.1. The van der Waals surface area contributed by atoms with Crippen molar-refractivity contribution in [3.8, 4) is 33.8 Å². The van der Waals surface area contributed by atoms with Crippen LogP contribution in [0.3, 0.4) is 0 Å². The monoisotopic (exact) mass is 1090 g/mol. The Labute approximate surface area is 342 Å². The summed E-state index contributed by atoms with van der Waals surface area (Å²) >= 11 is 0. The topological polar surface area (TPSA) is 118 Å². The van der Waals surface area contributed by atoms with Gasteiger partial charge in [0.15, 0.2) is 0 Å². The summed E-state index contributed by atoms with van der Waals surface area (Å²) in [7, 11) is 0. The minimum Gasteiger partial charge on any atom is -0.393 e. The molecule has 2 N–H and O–H groups in total. The summed E-state index contributed by atoms with van der Waals surface area (Å²) in [6.07, 6.45) is 4.82. The van der Waals surface area contributed by atoms with E-state index in [-0.39, 0.29) is 69.9 Å². The van der Waals surface area contributed by atoms with Gasteiger partial charge in [-0.2, -0.15) is 0 Å². The molecule has 6 rings (SSSR count). The van der Waals surface area contributed by atoms with E-state index in [4.69, 9.17) is 10.2 Å². The second-order valence-corrected chi connectivity index (χ2v) is 12.1. The normalized spacial score (nSPS) is 11.1. The number of aromatic nitrogens is 6. The minimum absolute atomic E-state index is 0. The first-order valence-corrected chi connectivity index (χ1v) is 16.5. The summed E-state index contributed by atoms with van der Waals surface area (Å²) in [4.78, 5) is 25.7. The van der Waals surface area contributed by atoms with Crippen LogP contribution in [-0.4, -0.2) is 52.3 Å². The summed E-state index contributed by atoms with van der Waals surface area (Å²) in [5.41, 5.74) is 9.89. The summed E-state index contributed by atoms with van der Waals surface area (Å²) in [5, 5.41) is 17.1. The number of hydrogen-bond donors (Lipinski definition) is 2. The van der Waals surface area contributed by atoms with Crippen LogP contribution in [0, 0.1) is 71.1 Å². The second-order valence-electron chi connectivity index (χ2n) is 12.1. The van der Waals surface area contributed by atoms with Crippen LogP contribution < -0.4 is 0 Å². The molecule has 0 saturated carbocycles. The SMILES string of the molecule is CC(O)CC(C)O.Cc1cnc(-c2[c-]cc(F)cc2)c(C)n1.Cc1cnc(-c2[c-]cc(F)cc2)c(C)n1.Cc1cnc(-c2ccc(F)cc2)c(C)n1.[Ir].[Ir]. The molecule has 0 spiro atoms. The molecule has 2 radical (unpaired) electrons. The van der Waals surface area contributed by atoms with E-state index < -0.39 is 0 Å². The van der Waals surface area contributed by atoms with E-state index in [9.17, 15) is 13.2 Å². The fourth-order valence-corrected chi connectivity index (χ4v) is 4.81. The number of aryl methyl sites for hydroxylation is 6. The van der Waals surface area contributed by atoms with E-state index in [1.807, 2.05) is 41.5 Å². The molecule has 3 aromatic carbocycles. The van der Waals surface area contributed by atoms with Crippen molar-refractivity contribution in [2.45, 2.75) is 74.0 Å². The van der Waals surface area contributed by atoms with Crippen molar-refractivity contribution in [3.05, 3.63) is 143 Å². The molecular weight excluding hydrogens is 1050 g/mol. The Hall–Kier alpha value is -4.09. The van der Waals surface area contributed by atoms with Gasteiger partial charge >= 0.3 is 0 Å². The van der Waals surface area contributed by atoms with Gasteiger partial charge in [-0.05, 0) is 86.1 Å². The Kier molecular flexibility index (Phi) is 21.0. The molecule has 3 heterocycles. The number of aliphatic hydroxyl groups is 2. The van der Waals surface area contributed by atoms with Gasteiger partial charge in [0.2, 0.25) is 0 Å². The average Bonchev–Trinajstić information content (AvgIpc) is 3.07. The van der Waals surface area contributed by atoms with Crippen LogP contribution in [0.4, 0.5) is 13.2 Å². The first kappa shape index (κ1) is 47.9. The summed E-state index contributed by atoms with van der Waals surface area (Å²) in [5.74, 6) is -0.829. The number of rotatable bonds is 5. The smallest absolute Gasteiger partial charge is 0.123 e. The summed E-state index contributed by atoms with van der Waals surface area (Å²) in [6, 6.07) is 20.6. The van der Waals surface area contributed by atoms with Crippen LogP contribution in [0.25, 0.3) is 33.8 Å². The quantitative estimate of drug-likeness (QED) is 0.166. The van der Waals surface area contributed by atoms with E-state index in [0.29, 0.717) is 6.42 Å². The summed E-state index contributed by atoms with van der Waals surface area (Å²) < 4.78 is 38.1. The molecule has 0 saturated heterocycles. The fourth-order valence-electron chi connectivity index (χ4n) is 4.81. The zero-order valence-electron chi connectivity index (χ0n) is 31.2. The fraction of sp³-hybridized carbons (Fsp3) is 0.268. The molecule has 6 aromatic rings. The van der Waals surface area contributed by atoms with Gasteiger partial charge in [-0.25, -0.2) is 4.39 Å². The minimum atomic E-state index is -0.375. The van der Waals surface area contributed by atoms with Crippen molar-refractivity contribution in [3.63, 3.8) is 0 Å². The van der Waals surface area contributed by atoms with Crippen molar-refractivity contribution in [1.29, 1.82) is 0 Å². The van der Waals surface area contributed by atoms with Crippen LogP contribution in [0.2, 0.25) is 0 Å². The number of benzene rings is 3. The van der Waals surface area contributed by atoms with Crippen LogP contribution in [0.5, 0.6) is 0 Å². The third-order valence-corrected chi connectivity index (χ3v) is 7.06. The molecule has 0 amide bonds. The average molecular weight is 1090 g/mol. The number of aliphatic hydroxyl groups excluding tert-OH is 2. The van der Waals surface area contributed by atoms with Crippen molar-refractivity contribution >= 4 is 0 Å². The van der Waals surface area contributed by atoms with Gasteiger partial charge in [0.1, 0.15) is 5.82 Å². The van der Waals surface area contributed by atoms with Gasteiger partial charge in [-0.15, -0.1) is 59.7 Å². The predicted molar refractivity (Wildman–Crippen MR) is 196 cm³/mol. The van der Waals surface area contributed by atoms with E-state index in [1.165, 1.54) is 36.4 Å². The number of halogens is 3. The second kappa shape index (κ2) is 23.6. The Balaban J connectivity index is 0.000000367. The van der Waals surface area contributed by atoms with Crippen LogP contribution in [0.15, 0.2) is 79.3 Å². The van der Waals surface area contributed by atoms with Gasteiger partial charge in [0, 0.05) is 98.8 Å². The Bertz CT molecular complexity index is 1790. The zero-order chi connectivity index (χ0) is 38.4. The predicted octanol–water partition coefficient (Wildman–Crippen LogP) is 8.43. The molecule has 8 nitrogen and oxygen atoms in total. The molecule has 0 fully saturated rings. The molecule has 0 aliphatic carbocycles. The molecule has 0 aliphatic rings. The van der Waals surface area contributed by atoms with Crippen molar-refractivity contribution < 1.29 is 63.6 Å². The maximum atomic E-state index is 12.7. The van der Waals surface area contributed by atoms with Crippen LogP contribution >= 0.6 is 0 Å². The molecule has 290 valence electrons. The molecule has 2 atom stereocenters. The van der Waals surface area contributed by atoms with Crippen molar-refractivity contribution in [1.82, 2.24) is 29.9 Å². The first-order chi connectivity index (χ1) is 24.6. The van der Waals surface area contributed by atoms with E-state index in [0.717, 1.165) is 67.9 Å². The standard InChI is InChI=1S/C12H11FN2.2C12H10FN2.C5H12O2.2Ir/c3*1-8-7-14-12(9(2)15-8)10-3-5-11(13)6-4-10;1-4(6)3-5(2)7;;/h3-7H,1-2H3;2*3,5-7H,1-2H3;4-7H,3H2,1-2H3;;/q;2*-1;;;. The van der Waals surface area contributed by atoms with E-state index >= 15 is 0 Å². The maximum absolute atomic E-state index is 12.7. The Morgan fingerprint density at radius 1 is 0.519 bits per heavy atom. The van der Waals surface area contributed by atoms with Gasteiger partial charge < -0.3 is 20.2 Å². The molecule has 0 bridgehead atoms. The van der Waals surface area contributed by atoms with E-state index in [2.05, 4.69) is 42.0 Å². The van der Waals surface area contributed by atoms with Gasteiger partial charge in [-0.3, -0.25) is 28.7 Å². The maximum Gasteiger partial charge on any atom is 0.123 e. The molecule has 3 aromatic heterocycles. The Morgan fingerprint density at radius 3 is 1.13 bits per heavy atom. The van der Waals surface area contributed by atoms with Crippen LogP contribution in [-0.2, 0) is 40.2 Å². The third-order valence-electron chi connectivity index (χ3n) is 7.06. The van der Waals surface area contributed by atoms with Crippen molar-refractivity contribution in [2.75, 3.05) is 0 Å². The number of hydrogen-bond acceptors (Lipinski definition) is 8. The largest absolute Gasteiger partial charge is 0.393 e. The van der Waals surface area contributed by atoms with Gasteiger partial charge in [0.25, 0.3) is 0 Å². The summed E-state index contributed by atoms with van der Waals surface area (Å²) in [6.45, 7) is 14.7. The van der Waals surface area contributed by atoms with Gasteiger partial charge in [0.05, 0.1) is 40.7 Å². The van der Waals surface area contributed by atoms with E-state index in [1.54, 1.807) is 56.7 Å². The molecular formula is C41H43F3Ir2N6O2-2. The number of nitrogens with zero attached hydrogens (tertiary/aromatic N) is 6. The zero-order valence-corrected chi connectivity index (χ0v) is 36.0.